The molecule has 2 fully saturated rings. The summed E-state index contributed by atoms with van der Waals surface area (Å²) < 4.78 is 26.6. The zero-order valence-corrected chi connectivity index (χ0v) is 12.8. The van der Waals surface area contributed by atoms with Crippen molar-refractivity contribution in [1.82, 2.24) is 9.29 Å². The Morgan fingerprint density at radius 2 is 1.90 bits per heavy atom. The van der Waals surface area contributed by atoms with Crippen molar-refractivity contribution in [2.24, 2.45) is 0 Å². The number of pyridine rings is 1. The van der Waals surface area contributed by atoms with Crippen LogP contribution in [-0.4, -0.2) is 55.1 Å². The van der Waals surface area contributed by atoms with Crippen LogP contribution in [0.1, 0.15) is 25.7 Å². The molecule has 1 aromatic heterocycles. The van der Waals surface area contributed by atoms with E-state index < -0.39 is 10.0 Å². The minimum Gasteiger partial charge on any atom is -0.391 e. The lowest BCUT2D eigenvalue weighted by atomic mass is 10.2. The highest BCUT2D eigenvalue weighted by Crippen LogP contribution is 2.23. The summed E-state index contributed by atoms with van der Waals surface area (Å²) in [6, 6.07) is 3.35. The molecule has 1 aromatic rings. The van der Waals surface area contributed by atoms with Gasteiger partial charge in [0.05, 0.1) is 6.10 Å². The van der Waals surface area contributed by atoms with E-state index in [1.165, 1.54) is 6.20 Å². The molecule has 0 aliphatic carbocycles. The van der Waals surface area contributed by atoms with Crippen LogP contribution >= 0.6 is 0 Å². The lowest BCUT2D eigenvalue weighted by Gasteiger charge is -2.26. The van der Waals surface area contributed by atoms with Gasteiger partial charge < -0.3 is 10.0 Å². The van der Waals surface area contributed by atoms with Gasteiger partial charge in [-0.25, -0.2) is 13.4 Å². The van der Waals surface area contributed by atoms with Gasteiger partial charge in [0.1, 0.15) is 10.7 Å². The topological polar surface area (TPSA) is 73.7 Å². The summed E-state index contributed by atoms with van der Waals surface area (Å²) in [5.74, 6) is 0.726. The standard InChI is InChI=1S/C14H21N3O3S/c18-12-6-9-16(11-12)14-5-4-13(10-15-14)21(19,20)17-7-2-1-3-8-17/h4-5,10,12,18H,1-3,6-9,11H2/t12-/m0/s1. The third-order valence-electron chi connectivity index (χ3n) is 4.16. The highest BCUT2D eigenvalue weighted by atomic mass is 32.2. The van der Waals surface area contributed by atoms with Crippen molar-refractivity contribution in [2.45, 2.75) is 36.7 Å². The first kappa shape index (κ1) is 14.7. The molecule has 0 saturated carbocycles. The third-order valence-corrected chi connectivity index (χ3v) is 6.04. The van der Waals surface area contributed by atoms with Crippen LogP contribution in [0.5, 0.6) is 0 Å². The molecule has 2 saturated heterocycles. The molecule has 6 nitrogen and oxygen atoms in total. The average Bonchev–Trinajstić information content (AvgIpc) is 2.95. The first-order valence-corrected chi connectivity index (χ1v) is 8.90. The fourth-order valence-electron chi connectivity index (χ4n) is 2.92. The second-order valence-corrected chi connectivity index (χ2v) is 7.64. The summed E-state index contributed by atoms with van der Waals surface area (Å²) in [7, 11) is -3.41. The minimum atomic E-state index is -3.41. The number of β-amino-alcohol motifs (C(OH)–C–C–N with tert-alkyl or cyclic N) is 1. The average molecular weight is 311 g/mol. The number of aliphatic hydroxyl groups is 1. The van der Waals surface area contributed by atoms with Crippen molar-refractivity contribution in [3.05, 3.63) is 18.3 Å². The highest BCUT2D eigenvalue weighted by molar-refractivity contribution is 7.89. The molecule has 116 valence electrons. The van der Waals surface area contributed by atoms with Crippen LogP contribution in [0.25, 0.3) is 0 Å². The lowest BCUT2D eigenvalue weighted by molar-refractivity contribution is 0.198. The van der Waals surface area contributed by atoms with Crippen LogP contribution in [0.2, 0.25) is 0 Å². The summed E-state index contributed by atoms with van der Waals surface area (Å²) in [6.45, 7) is 2.52. The molecule has 1 atom stereocenters. The molecule has 2 aliphatic heterocycles. The van der Waals surface area contributed by atoms with Gasteiger partial charge in [-0.1, -0.05) is 6.42 Å². The Hall–Kier alpha value is -1.18. The van der Waals surface area contributed by atoms with E-state index in [1.807, 2.05) is 4.90 Å². The normalized spacial score (nSPS) is 24.4. The Balaban J connectivity index is 1.77. The largest absolute Gasteiger partial charge is 0.391 e. The van der Waals surface area contributed by atoms with Crippen LogP contribution in [0.4, 0.5) is 5.82 Å². The van der Waals surface area contributed by atoms with Gasteiger partial charge in [-0.05, 0) is 31.4 Å². The Morgan fingerprint density at radius 3 is 2.48 bits per heavy atom. The minimum absolute atomic E-state index is 0.257. The smallest absolute Gasteiger partial charge is 0.244 e. The van der Waals surface area contributed by atoms with E-state index >= 15 is 0 Å². The molecular formula is C14H21N3O3S. The Bertz CT molecular complexity index is 582. The van der Waals surface area contributed by atoms with Gasteiger partial charge in [-0.2, -0.15) is 4.31 Å². The molecule has 21 heavy (non-hydrogen) atoms. The van der Waals surface area contributed by atoms with Crippen molar-refractivity contribution in [1.29, 1.82) is 0 Å². The molecule has 0 aromatic carbocycles. The summed E-state index contributed by atoms with van der Waals surface area (Å²) in [5, 5.41) is 9.54. The van der Waals surface area contributed by atoms with Crippen LogP contribution in [-0.2, 0) is 10.0 Å². The van der Waals surface area contributed by atoms with Gasteiger partial charge in [-0.15, -0.1) is 0 Å². The number of anilines is 1. The number of hydrogen-bond donors (Lipinski definition) is 1. The van der Waals surface area contributed by atoms with Gasteiger partial charge in [-0.3, -0.25) is 0 Å². The van der Waals surface area contributed by atoms with Crippen molar-refractivity contribution >= 4 is 15.8 Å². The molecular weight excluding hydrogens is 290 g/mol. The second kappa shape index (κ2) is 5.90. The van der Waals surface area contributed by atoms with Crippen LogP contribution < -0.4 is 4.90 Å². The fraction of sp³-hybridized carbons (Fsp3) is 0.643. The van der Waals surface area contributed by atoms with E-state index in [0.717, 1.165) is 38.0 Å². The number of sulfonamides is 1. The second-order valence-electron chi connectivity index (χ2n) is 5.71. The molecule has 0 unspecified atom stereocenters. The van der Waals surface area contributed by atoms with E-state index in [2.05, 4.69) is 4.98 Å². The first-order chi connectivity index (χ1) is 10.1. The fourth-order valence-corrected chi connectivity index (χ4v) is 4.38. The zero-order valence-electron chi connectivity index (χ0n) is 12.0. The summed E-state index contributed by atoms with van der Waals surface area (Å²) in [6.07, 6.45) is 4.80. The van der Waals surface area contributed by atoms with E-state index in [9.17, 15) is 13.5 Å². The van der Waals surface area contributed by atoms with Crippen molar-refractivity contribution in [3.63, 3.8) is 0 Å². The van der Waals surface area contributed by atoms with Crippen LogP contribution in [0, 0.1) is 0 Å². The van der Waals surface area contributed by atoms with Crippen molar-refractivity contribution in [3.8, 4) is 0 Å². The monoisotopic (exact) mass is 311 g/mol. The molecule has 2 aliphatic rings. The number of rotatable bonds is 3. The Labute approximate surface area is 125 Å². The molecule has 7 heteroatoms. The van der Waals surface area contributed by atoms with Crippen LogP contribution in [0.15, 0.2) is 23.2 Å². The number of aliphatic hydroxyl groups excluding tert-OH is 1. The summed E-state index contributed by atoms with van der Waals surface area (Å²) >= 11 is 0. The number of piperidine rings is 1. The van der Waals surface area contributed by atoms with Gasteiger partial charge in [0.15, 0.2) is 0 Å². The van der Waals surface area contributed by atoms with E-state index in [1.54, 1.807) is 16.4 Å². The SMILES string of the molecule is O=S(=O)(c1ccc(N2CC[C@H](O)C2)nc1)N1CCCCC1. The summed E-state index contributed by atoms with van der Waals surface area (Å²) in [5.41, 5.74) is 0. The maximum atomic E-state index is 12.5. The predicted octanol–water partition coefficient (Wildman–Crippen LogP) is 0.827. The maximum Gasteiger partial charge on any atom is 0.244 e. The molecule has 0 amide bonds. The quantitative estimate of drug-likeness (QED) is 0.895. The van der Waals surface area contributed by atoms with E-state index in [4.69, 9.17) is 0 Å². The maximum absolute atomic E-state index is 12.5. The number of hydrogen-bond acceptors (Lipinski definition) is 5. The number of aromatic nitrogens is 1. The molecule has 0 bridgehead atoms. The summed E-state index contributed by atoms with van der Waals surface area (Å²) in [4.78, 5) is 6.50. The van der Waals surface area contributed by atoms with Gasteiger partial charge in [0, 0.05) is 32.4 Å². The number of nitrogens with zero attached hydrogens (tertiary/aromatic N) is 3. The zero-order chi connectivity index (χ0) is 14.9. The molecule has 0 radical (unpaired) electrons. The van der Waals surface area contributed by atoms with Crippen molar-refractivity contribution < 1.29 is 13.5 Å². The van der Waals surface area contributed by atoms with Crippen molar-refractivity contribution in [2.75, 3.05) is 31.1 Å². The van der Waals surface area contributed by atoms with Gasteiger partial charge in [0.2, 0.25) is 10.0 Å². The van der Waals surface area contributed by atoms with E-state index in [-0.39, 0.29) is 11.0 Å². The third kappa shape index (κ3) is 3.04. The molecule has 3 heterocycles. The molecule has 3 rings (SSSR count). The van der Waals surface area contributed by atoms with Gasteiger partial charge in [0.25, 0.3) is 0 Å². The predicted molar refractivity (Wildman–Crippen MR) is 79.7 cm³/mol. The molecule has 1 N–H and O–H groups in total. The first-order valence-electron chi connectivity index (χ1n) is 7.46. The Kier molecular flexibility index (Phi) is 4.14. The molecule has 0 spiro atoms. The lowest BCUT2D eigenvalue weighted by Crippen LogP contribution is -2.35. The Morgan fingerprint density at radius 1 is 1.14 bits per heavy atom. The van der Waals surface area contributed by atoms with Gasteiger partial charge >= 0.3 is 0 Å². The van der Waals surface area contributed by atoms with Crippen LogP contribution in [0.3, 0.4) is 0 Å². The van der Waals surface area contributed by atoms with E-state index in [0.29, 0.717) is 19.6 Å². The highest BCUT2D eigenvalue weighted by Gasteiger charge is 2.27.